The number of aryl methyl sites for hydroxylation is 1. The van der Waals surface area contributed by atoms with E-state index in [2.05, 4.69) is 28.4 Å². The fourth-order valence-corrected chi connectivity index (χ4v) is 2.49. The summed E-state index contributed by atoms with van der Waals surface area (Å²) in [5.74, 6) is 1.04. The van der Waals surface area contributed by atoms with Gasteiger partial charge in [0.05, 0.1) is 17.3 Å². The number of aromatic nitrogens is 3. The smallest absolute Gasteiger partial charge is 0.145 e. The number of hydrogen-bond acceptors (Lipinski definition) is 3. The van der Waals surface area contributed by atoms with Crippen LogP contribution < -0.4 is 0 Å². The Hall–Kier alpha value is -2.36. The molecule has 0 aliphatic heterocycles. The molecule has 0 aliphatic rings. The van der Waals surface area contributed by atoms with Crippen LogP contribution in [0.3, 0.4) is 0 Å². The van der Waals surface area contributed by atoms with Gasteiger partial charge in [-0.1, -0.05) is 6.07 Å². The molecule has 2 aromatic heterocycles. The molecule has 1 aromatic carbocycles. The van der Waals surface area contributed by atoms with E-state index < -0.39 is 0 Å². The summed E-state index contributed by atoms with van der Waals surface area (Å²) in [4.78, 5) is 8.75. The predicted octanol–water partition coefficient (Wildman–Crippen LogP) is 3.69. The number of benzene rings is 1. The zero-order valence-electron chi connectivity index (χ0n) is 11.8. The first-order chi connectivity index (χ1) is 9.58. The lowest BCUT2D eigenvalue weighted by Gasteiger charge is -2.14. The van der Waals surface area contributed by atoms with E-state index in [1.165, 1.54) is 0 Å². The molecule has 0 aliphatic carbocycles. The molecule has 0 atom stereocenters. The minimum Gasteiger partial charge on any atom is -0.507 e. The Labute approximate surface area is 117 Å². The molecule has 0 radical (unpaired) electrons. The number of nitrogens with zero attached hydrogens (tertiary/aromatic N) is 3. The van der Waals surface area contributed by atoms with Crippen LogP contribution in [0.1, 0.15) is 25.5 Å². The maximum Gasteiger partial charge on any atom is 0.145 e. The van der Waals surface area contributed by atoms with E-state index in [0.29, 0.717) is 0 Å². The Morgan fingerprint density at radius 1 is 1.20 bits per heavy atom. The van der Waals surface area contributed by atoms with Crippen molar-refractivity contribution in [1.29, 1.82) is 0 Å². The van der Waals surface area contributed by atoms with Gasteiger partial charge in [-0.25, -0.2) is 4.98 Å². The van der Waals surface area contributed by atoms with E-state index in [1.807, 2.05) is 25.1 Å². The lowest BCUT2D eigenvalue weighted by Crippen LogP contribution is -2.03. The standard InChI is InChI=1S/C16H17N3O/c1-10(2)19-14-6-7-17-9-13(14)18-16(19)12-5-4-11(3)8-15(12)20/h4-10,20H,1-3H3. The first-order valence-electron chi connectivity index (χ1n) is 6.70. The molecule has 2 heterocycles. The van der Waals surface area contributed by atoms with Crippen LogP contribution in [-0.4, -0.2) is 19.6 Å². The quantitative estimate of drug-likeness (QED) is 0.770. The molecule has 4 nitrogen and oxygen atoms in total. The second-order valence-corrected chi connectivity index (χ2v) is 5.28. The Morgan fingerprint density at radius 2 is 2.00 bits per heavy atom. The second kappa shape index (κ2) is 4.63. The average molecular weight is 267 g/mol. The molecule has 0 unspecified atom stereocenters. The number of rotatable bonds is 2. The summed E-state index contributed by atoms with van der Waals surface area (Å²) in [6, 6.07) is 7.86. The third kappa shape index (κ3) is 1.93. The topological polar surface area (TPSA) is 50.9 Å². The van der Waals surface area contributed by atoms with Gasteiger partial charge >= 0.3 is 0 Å². The van der Waals surface area contributed by atoms with Crippen molar-refractivity contribution in [2.24, 2.45) is 0 Å². The third-order valence-electron chi connectivity index (χ3n) is 3.40. The van der Waals surface area contributed by atoms with E-state index in [0.717, 1.165) is 28.0 Å². The summed E-state index contributed by atoms with van der Waals surface area (Å²) >= 11 is 0. The zero-order chi connectivity index (χ0) is 14.3. The van der Waals surface area contributed by atoms with Gasteiger partial charge in [0.25, 0.3) is 0 Å². The van der Waals surface area contributed by atoms with Crippen molar-refractivity contribution in [3.8, 4) is 17.1 Å². The molecule has 102 valence electrons. The van der Waals surface area contributed by atoms with Crippen molar-refractivity contribution in [3.63, 3.8) is 0 Å². The molecule has 0 saturated carbocycles. The molecule has 0 amide bonds. The minimum absolute atomic E-state index is 0.248. The first-order valence-corrected chi connectivity index (χ1v) is 6.70. The number of phenols is 1. The SMILES string of the molecule is Cc1ccc(-c2nc3cnccc3n2C(C)C)c(O)c1. The van der Waals surface area contributed by atoms with E-state index in [9.17, 15) is 5.11 Å². The minimum atomic E-state index is 0.248. The van der Waals surface area contributed by atoms with Crippen LogP contribution in [0.15, 0.2) is 36.7 Å². The van der Waals surface area contributed by atoms with Crippen molar-refractivity contribution in [2.75, 3.05) is 0 Å². The molecule has 0 fully saturated rings. The number of imidazole rings is 1. The van der Waals surface area contributed by atoms with Gasteiger partial charge in [-0.15, -0.1) is 0 Å². The number of aromatic hydroxyl groups is 1. The van der Waals surface area contributed by atoms with E-state index in [-0.39, 0.29) is 11.8 Å². The molecule has 0 spiro atoms. The van der Waals surface area contributed by atoms with Crippen LogP contribution in [0, 0.1) is 6.92 Å². The van der Waals surface area contributed by atoms with Gasteiger partial charge in [0.1, 0.15) is 17.1 Å². The molecule has 0 bridgehead atoms. The van der Waals surface area contributed by atoms with Gasteiger partial charge in [-0.3, -0.25) is 4.98 Å². The van der Waals surface area contributed by atoms with E-state index in [4.69, 9.17) is 0 Å². The maximum atomic E-state index is 10.2. The van der Waals surface area contributed by atoms with Crippen molar-refractivity contribution < 1.29 is 5.11 Å². The van der Waals surface area contributed by atoms with Gasteiger partial charge in [-0.05, 0) is 44.5 Å². The first kappa shape index (κ1) is 12.7. The largest absolute Gasteiger partial charge is 0.507 e. The third-order valence-corrected chi connectivity index (χ3v) is 3.40. The molecule has 4 heteroatoms. The van der Waals surface area contributed by atoms with Crippen LogP contribution in [-0.2, 0) is 0 Å². The van der Waals surface area contributed by atoms with Gasteiger partial charge in [0.2, 0.25) is 0 Å². The summed E-state index contributed by atoms with van der Waals surface area (Å²) in [7, 11) is 0. The predicted molar refractivity (Wildman–Crippen MR) is 79.8 cm³/mol. The maximum absolute atomic E-state index is 10.2. The molecular weight excluding hydrogens is 250 g/mol. The number of pyridine rings is 1. The Morgan fingerprint density at radius 3 is 2.70 bits per heavy atom. The summed E-state index contributed by atoms with van der Waals surface area (Å²) in [5.41, 5.74) is 3.65. The summed E-state index contributed by atoms with van der Waals surface area (Å²) in [6.07, 6.45) is 3.52. The Bertz CT molecular complexity index is 774. The van der Waals surface area contributed by atoms with Crippen molar-refractivity contribution in [1.82, 2.24) is 14.5 Å². The van der Waals surface area contributed by atoms with Gasteiger partial charge in [0, 0.05) is 12.2 Å². The summed E-state index contributed by atoms with van der Waals surface area (Å²) < 4.78 is 2.13. The lowest BCUT2D eigenvalue weighted by atomic mass is 10.1. The van der Waals surface area contributed by atoms with Crippen LogP contribution in [0.4, 0.5) is 0 Å². The van der Waals surface area contributed by atoms with Crippen LogP contribution in [0.2, 0.25) is 0 Å². The fourth-order valence-electron chi connectivity index (χ4n) is 2.49. The Kier molecular flexibility index (Phi) is 2.93. The highest BCUT2D eigenvalue weighted by atomic mass is 16.3. The molecule has 20 heavy (non-hydrogen) atoms. The van der Waals surface area contributed by atoms with E-state index >= 15 is 0 Å². The monoisotopic (exact) mass is 267 g/mol. The fraction of sp³-hybridized carbons (Fsp3) is 0.250. The summed E-state index contributed by atoms with van der Waals surface area (Å²) in [5, 5.41) is 10.2. The van der Waals surface area contributed by atoms with Gasteiger partial charge < -0.3 is 9.67 Å². The zero-order valence-corrected chi connectivity index (χ0v) is 11.8. The molecule has 3 rings (SSSR count). The van der Waals surface area contributed by atoms with Crippen LogP contribution in [0.5, 0.6) is 5.75 Å². The highest BCUT2D eigenvalue weighted by Gasteiger charge is 2.17. The average Bonchev–Trinajstić information content (AvgIpc) is 2.77. The molecule has 1 N–H and O–H groups in total. The normalized spacial score (nSPS) is 11.4. The Balaban J connectivity index is 2.32. The van der Waals surface area contributed by atoms with Crippen molar-refractivity contribution in [2.45, 2.75) is 26.8 Å². The number of phenolic OH excluding ortho intramolecular Hbond substituents is 1. The highest BCUT2D eigenvalue weighted by Crippen LogP contribution is 2.33. The lowest BCUT2D eigenvalue weighted by molar-refractivity contribution is 0.475. The number of hydrogen-bond donors (Lipinski definition) is 1. The van der Waals surface area contributed by atoms with Crippen molar-refractivity contribution >= 4 is 11.0 Å². The van der Waals surface area contributed by atoms with Gasteiger partial charge in [-0.2, -0.15) is 0 Å². The highest BCUT2D eigenvalue weighted by molar-refractivity contribution is 5.81. The molecule has 3 aromatic rings. The molecule has 0 saturated heterocycles. The second-order valence-electron chi connectivity index (χ2n) is 5.28. The number of fused-ring (bicyclic) bond motifs is 1. The van der Waals surface area contributed by atoms with Crippen molar-refractivity contribution in [3.05, 3.63) is 42.2 Å². The van der Waals surface area contributed by atoms with E-state index in [1.54, 1.807) is 18.5 Å². The van der Waals surface area contributed by atoms with Gasteiger partial charge in [0.15, 0.2) is 0 Å². The van der Waals surface area contributed by atoms with Crippen LogP contribution >= 0.6 is 0 Å². The molecular formula is C16H17N3O. The summed E-state index contributed by atoms with van der Waals surface area (Å²) in [6.45, 7) is 6.17. The van der Waals surface area contributed by atoms with Crippen LogP contribution in [0.25, 0.3) is 22.4 Å².